The Morgan fingerprint density at radius 3 is 2.61 bits per heavy atom. The van der Waals surface area contributed by atoms with Crippen LogP contribution in [0.4, 0.5) is 5.69 Å². The van der Waals surface area contributed by atoms with Crippen LogP contribution >= 0.6 is 24.0 Å². The summed E-state index contributed by atoms with van der Waals surface area (Å²) in [5, 5.41) is 9.42. The minimum atomic E-state index is 0. The molecule has 0 radical (unpaired) electrons. The van der Waals surface area contributed by atoms with E-state index in [1.54, 1.807) is 7.05 Å². The Morgan fingerprint density at radius 1 is 1.26 bits per heavy atom. The molecule has 0 aliphatic rings. The molecule has 0 aromatic heterocycles. The summed E-state index contributed by atoms with van der Waals surface area (Å²) < 4.78 is 0. The predicted octanol–water partition coefficient (Wildman–Crippen LogP) is 3.36. The minimum absolute atomic E-state index is 0. The zero-order valence-corrected chi connectivity index (χ0v) is 16.8. The van der Waals surface area contributed by atoms with Crippen LogP contribution in [0.15, 0.2) is 29.3 Å². The van der Waals surface area contributed by atoms with Crippen LogP contribution in [-0.2, 0) is 11.3 Å². The van der Waals surface area contributed by atoms with Crippen LogP contribution in [0.2, 0.25) is 0 Å². The first kappa shape index (κ1) is 21.7. The van der Waals surface area contributed by atoms with Crippen molar-refractivity contribution in [2.24, 2.45) is 10.9 Å². The topological polar surface area (TPSA) is 65.5 Å². The smallest absolute Gasteiger partial charge is 0.224 e. The van der Waals surface area contributed by atoms with Gasteiger partial charge in [-0.2, -0.15) is 0 Å². The van der Waals surface area contributed by atoms with Crippen molar-refractivity contribution >= 4 is 41.5 Å². The molecule has 0 unspecified atom stereocenters. The third kappa shape index (κ3) is 9.43. The number of guanidine groups is 1. The lowest BCUT2D eigenvalue weighted by Gasteiger charge is -2.12. The normalized spacial score (nSPS) is 10.9. The van der Waals surface area contributed by atoms with Gasteiger partial charge in [0.05, 0.1) is 0 Å². The predicted molar refractivity (Wildman–Crippen MR) is 108 cm³/mol. The fraction of sp³-hybridized carbons (Fsp3) is 0.529. The molecule has 1 aromatic rings. The number of halogens is 1. The van der Waals surface area contributed by atoms with Gasteiger partial charge in [-0.1, -0.05) is 32.9 Å². The molecule has 1 rings (SSSR count). The molecule has 130 valence electrons. The molecule has 0 saturated heterocycles. The van der Waals surface area contributed by atoms with Gasteiger partial charge in [0.25, 0.3) is 0 Å². The summed E-state index contributed by atoms with van der Waals surface area (Å²) >= 11 is 0. The maximum absolute atomic E-state index is 11.8. The van der Waals surface area contributed by atoms with Crippen molar-refractivity contribution in [1.29, 1.82) is 0 Å². The Kier molecular flexibility index (Phi) is 11.5. The van der Waals surface area contributed by atoms with Gasteiger partial charge >= 0.3 is 0 Å². The minimum Gasteiger partial charge on any atom is -0.356 e. The van der Waals surface area contributed by atoms with Gasteiger partial charge in [0, 0.05) is 32.2 Å². The van der Waals surface area contributed by atoms with Crippen LogP contribution < -0.4 is 16.0 Å². The quantitative estimate of drug-likeness (QED) is 0.352. The van der Waals surface area contributed by atoms with E-state index in [0.29, 0.717) is 18.9 Å². The fourth-order valence-corrected chi connectivity index (χ4v) is 1.99. The van der Waals surface area contributed by atoms with Crippen molar-refractivity contribution in [2.45, 2.75) is 40.2 Å². The second-order valence-corrected chi connectivity index (χ2v) is 5.70. The number of aliphatic imine (C=N–C) groups is 1. The van der Waals surface area contributed by atoms with Crippen molar-refractivity contribution in [3.8, 4) is 0 Å². The van der Waals surface area contributed by atoms with Gasteiger partial charge in [-0.3, -0.25) is 9.79 Å². The first-order valence-electron chi connectivity index (χ1n) is 7.88. The molecule has 1 amide bonds. The Hall–Kier alpha value is -1.31. The highest BCUT2D eigenvalue weighted by Gasteiger charge is 2.05. The van der Waals surface area contributed by atoms with Crippen LogP contribution in [0.5, 0.6) is 0 Å². The number of carbonyl (C=O) groups is 1. The first-order chi connectivity index (χ1) is 10.5. The van der Waals surface area contributed by atoms with E-state index in [9.17, 15) is 4.79 Å². The Labute approximate surface area is 156 Å². The highest BCUT2D eigenvalue weighted by atomic mass is 127. The Balaban J connectivity index is 0.00000484. The van der Waals surface area contributed by atoms with Gasteiger partial charge in [0.2, 0.25) is 5.91 Å². The largest absolute Gasteiger partial charge is 0.356 e. The van der Waals surface area contributed by atoms with E-state index in [1.807, 2.05) is 38.1 Å². The summed E-state index contributed by atoms with van der Waals surface area (Å²) in [5.74, 6) is 1.20. The number of carbonyl (C=O) groups excluding carboxylic acids is 1. The van der Waals surface area contributed by atoms with Crippen molar-refractivity contribution in [3.05, 3.63) is 29.8 Å². The summed E-state index contributed by atoms with van der Waals surface area (Å²) in [6.07, 6.45) is 1.59. The standard InChI is InChI=1S/C17H28N4O.HI/c1-5-9-19-17(18-4)20-12-14-7-6-8-15(11-14)21-16(22)10-13(2)3;/h6-8,11,13H,5,9-10,12H2,1-4H3,(H,21,22)(H2,18,19,20);1H. The summed E-state index contributed by atoms with van der Waals surface area (Å²) in [4.78, 5) is 16.0. The van der Waals surface area contributed by atoms with Crippen LogP contribution in [0, 0.1) is 5.92 Å². The second-order valence-electron chi connectivity index (χ2n) is 5.70. The third-order valence-corrected chi connectivity index (χ3v) is 3.03. The average molecular weight is 432 g/mol. The molecule has 0 aliphatic carbocycles. The molecule has 3 N–H and O–H groups in total. The Bertz CT molecular complexity index is 503. The highest BCUT2D eigenvalue weighted by molar-refractivity contribution is 14.0. The van der Waals surface area contributed by atoms with Crippen LogP contribution in [-0.4, -0.2) is 25.5 Å². The van der Waals surface area contributed by atoms with Crippen molar-refractivity contribution in [2.75, 3.05) is 18.9 Å². The Morgan fingerprint density at radius 2 is 2.00 bits per heavy atom. The number of anilines is 1. The maximum Gasteiger partial charge on any atom is 0.224 e. The SMILES string of the molecule is CCCNC(=NC)NCc1cccc(NC(=O)CC(C)C)c1.I. The molecule has 0 heterocycles. The summed E-state index contributed by atoms with van der Waals surface area (Å²) in [7, 11) is 1.76. The third-order valence-electron chi connectivity index (χ3n) is 3.03. The highest BCUT2D eigenvalue weighted by Crippen LogP contribution is 2.12. The first-order valence-corrected chi connectivity index (χ1v) is 7.88. The van der Waals surface area contributed by atoms with E-state index in [0.717, 1.165) is 30.2 Å². The zero-order valence-electron chi connectivity index (χ0n) is 14.5. The van der Waals surface area contributed by atoms with Gasteiger partial charge < -0.3 is 16.0 Å². The van der Waals surface area contributed by atoms with Gasteiger partial charge in [-0.25, -0.2) is 0 Å². The van der Waals surface area contributed by atoms with E-state index >= 15 is 0 Å². The second kappa shape index (κ2) is 12.2. The zero-order chi connectivity index (χ0) is 16.4. The molecular formula is C17H29IN4O. The maximum atomic E-state index is 11.8. The summed E-state index contributed by atoms with van der Waals surface area (Å²) in [5.41, 5.74) is 1.93. The number of nitrogens with one attached hydrogen (secondary N) is 3. The fourth-order valence-electron chi connectivity index (χ4n) is 1.99. The van der Waals surface area contributed by atoms with Crippen molar-refractivity contribution < 1.29 is 4.79 Å². The van der Waals surface area contributed by atoms with Gasteiger partial charge in [0.1, 0.15) is 0 Å². The number of hydrogen-bond acceptors (Lipinski definition) is 2. The lowest BCUT2D eigenvalue weighted by Crippen LogP contribution is -2.37. The molecule has 0 atom stereocenters. The molecule has 0 aliphatic heterocycles. The van der Waals surface area contributed by atoms with Gasteiger partial charge in [-0.05, 0) is 30.0 Å². The molecule has 0 spiro atoms. The number of nitrogens with zero attached hydrogens (tertiary/aromatic N) is 1. The van der Waals surface area contributed by atoms with Crippen LogP contribution in [0.3, 0.4) is 0 Å². The lowest BCUT2D eigenvalue weighted by atomic mass is 10.1. The van der Waals surface area contributed by atoms with Crippen LogP contribution in [0.1, 0.15) is 39.2 Å². The van der Waals surface area contributed by atoms with E-state index in [-0.39, 0.29) is 29.9 Å². The molecule has 5 nitrogen and oxygen atoms in total. The van der Waals surface area contributed by atoms with Gasteiger partial charge in [-0.15, -0.1) is 24.0 Å². The molecule has 6 heteroatoms. The molecule has 0 bridgehead atoms. The average Bonchev–Trinajstić information content (AvgIpc) is 2.47. The number of hydrogen-bond donors (Lipinski definition) is 3. The molecule has 0 fully saturated rings. The summed E-state index contributed by atoms with van der Waals surface area (Å²) in [6, 6.07) is 7.87. The molecule has 0 saturated carbocycles. The monoisotopic (exact) mass is 432 g/mol. The molecular weight excluding hydrogens is 403 g/mol. The molecule has 23 heavy (non-hydrogen) atoms. The van der Waals surface area contributed by atoms with Gasteiger partial charge in [0.15, 0.2) is 5.96 Å². The number of amides is 1. The lowest BCUT2D eigenvalue weighted by molar-refractivity contribution is -0.116. The molecule has 1 aromatic carbocycles. The summed E-state index contributed by atoms with van der Waals surface area (Å²) in [6.45, 7) is 7.75. The van der Waals surface area contributed by atoms with E-state index in [4.69, 9.17) is 0 Å². The number of benzene rings is 1. The van der Waals surface area contributed by atoms with E-state index < -0.39 is 0 Å². The van der Waals surface area contributed by atoms with E-state index in [2.05, 4.69) is 27.9 Å². The van der Waals surface area contributed by atoms with E-state index in [1.165, 1.54) is 0 Å². The van der Waals surface area contributed by atoms with Crippen LogP contribution in [0.25, 0.3) is 0 Å². The van der Waals surface area contributed by atoms with Crippen molar-refractivity contribution in [3.63, 3.8) is 0 Å². The number of rotatable bonds is 7. The van der Waals surface area contributed by atoms with Crippen molar-refractivity contribution in [1.82, 2.24) is 10.6 Å².